The van der Waals surface area contributed by atoms with Gasteiger partial charge in [-0.2, -0.15) is 0 Å². The number of rotatable bonds is 4. The second-order valence-corrected chi connectivity index (χ2v) is 8.26. The van der Waals surface area contributed by atoms with Crippen LogP contribution in [-0.4, -0.2) is 83.1 Å². The molecule has 2 aromatic rings. The molecule has 200 valence electrons. The van der Waals surface area contributed by atoms with E-state index < -0.39 is 11.9 Å². The average Bonchev–Trinajstić information content (AvgIpc) is 3.44. The lowest BCUT2D eigenvalue weighted by Gasteiger charge is -2.11. The Hall–Kier alpha value is -3.33. The van der Waals surface area contributed by atoms with Gasteiger partial charge in [0, 0.05) is 25.2 Å². The molecule has 14 nitrogen and oxygen atoms in total. The second kappa shape index (κ2) is 14.4. The Kier molecular flexibility index (Phi) is 11.7. The highest BCUT2D eigenvalue weighted by Crippen LogP contribution is 2.15. The summed E-state index contributed by atoms with van der Waals surface area (Å²) >= 11 is 16.6. The number of nitrogens with zero attached hydrogens (tertiary/aromatic N) is 4. The SMILES string of the molecule is COC(=O)c1cc(Cl)nc(Cl)n1.COC(=O)c1cc(N[C@H]2CCNC2=O)nc(Cl)n1.N[C@H]1CCNC1=O. The quantitative estimate of drug-likeness (QED) is 0.225. The average molecular weight is 578 g/mol. The maximum absolute atomic E-state index is 11.4. The molecule has 0 saturated carbocycles. The molecule has 2 saturated heterocycles. The third-order valence-electron chi connectivity index (χ3n) is 4.62. The summed E-state index contributed by atoms with van der Waals surface area (Å²) in [5, 5.41) is 8.13. The van der Waals surface area contributed by atoms with Gasteiger partial charge in [-0.05, 0) is 36.0 Å². The molecule has 4 heterocycles. The number of nitrogens with two attached hydrogens (primary N) is 1. The summed E-state index contributed by atoms with van der Waals surface area (Å²) in [6.07, 6.45) is 1.44. The molecule has 2 fully saturated rings. The molecule has 0 spiro atoms. The van der Waals surface area contributed by atoms with E-state index in [0.29, 0.717) is 18.8 Å². The van der Waals surface area contributed by atoms with Crippen LogP contribution in [-0.2, 0) is 19.1 Å². The minimum Gasteiger partial charge on any atom is -0.464 e. The summed E-state index contributed by atoms with van der Waals surface area (Å²) in [6.45, 7) is 1.36. The molecule has 0 bridgehead atoms. The number of hydrogen-bond donors (Lipinski definition) is 4. The fourth-order valence-electron chi connectivity index (χ4n) is 2.82. The fourth-order valence-corrected chi connectivity index (χ4v) is 3.41. The summed E-state index contributed by atoms with van der Waals surface area (Å²) in [6, 6.07) is 2.06. The van der Waals surface area contributed by atoms with Crippen LogP contribution in [0.15, 0.2) is 12.1 Å². The first kappa shape index (κ1) is 29.9. The number of carbonyl (C=O) groups is 4. The zero-order valence-electron chi connectivity index (χ0n) is 19.6. The maximum atomic E-state index is 11.4. The van der Waals surface area contributed by atoms with Gasteiger partial charge in [-0.25, -0.2) is 29.5 Å². The maximum Gasteiger partial charge on any atom is 0.356 e. The monoisotopic (exact) mass is 576 g/mol. The van der Waals surface area contributed by atoms with Gasteiger partial charge in [-0.3, -0.25) is 9.59 Å². The molecule has 4 rings (SSSR count). The zero-order chi connectivity index (χ0) is 27.5. The van der Waals surface area contributed by atoms with Crippen molar-refractivity contribution >= 4 is 64.4 Å². The molecule has 5 N–H and O–H groups in total. The number of anilines is 1. The molecule has 0 radical (unpaired) electrons. The Morgan fingerprint density at radius 2 is 1.43 bits per heavy atom. The van der Waals surface area contributed by atoms with E-state index >= 15 is 0 Å². The molecular weight excluding hydrogens is 555 g/mol. The largest absolute Gasteiger partial charge is 0.464 e. The van der Waals surface area contributed by atoms with Gasteiger partial charge in [0.25, 0.3) is 0 Å². The number of methoxy groups -OCH3 is 2. The van der Waals surface area contributed by atoms with E-state index in [0.717, 1.165) is 13.0 Å². The lowest BCUT2D eigenvalue weighted by Crippen LogP contribution is -2.30. The molecule has 2 aromatic heterocycles. The number of amides is 2. The van der Waals surface area contributed by atoms with Gasteiger partial charge in [0.15, 0.2) is 11.4 Å². The second-order valence-electron chi connectivity index (χ2n) is 7.20. The molecule has 0 unspecified atom stereocenters. The van der Waals surface area contributed by atoms with E-state index in [-0.39, 0.29) is 51.0 Å². The van der Waals surface area contributed by atoms with Crippen molar-refractivity contribution in [2.75, 3.05) is 32.6 Å². The van der Waals surface area contributed by atoms with Gasteiger partial charge in [0.05, 0.1) is 20.3 Å². The minimum atomic E-state index is -0.613. The van der Waals surface area contributed by atoms with Gasteiger partial charge in [0.2, 0.25) is 22.4 Å². The van der Waals surface area contributed by atoms with E-state index in [9.17, 15) is 19.2 Å². The van der Waals surface area contributed by atoms with E-state index in [1.54, 1.807) is 0 Å². The third-order valence-corrected chi connectivity index (χ3v) is 5.15. The molecule has 0 aromatic carbocycles. The van der Waals surface area contributed by atoms with Crippen LogP contribution in [0.4, 0.5) is 5.82 Å². The lowest BCUT2D eigenvalue weighted by molar-refractivity contribution is -0.120. The van der Waals surface area contributed by atoms with Crippen LogP contribution in [0, 0.1) is 0 Å². The van der Waals surface area contributed by atoms with Gasteiger partial charge >= 0.3 is 11.9 Å². The van der Waals surface area contributed by atoms with Crippen molar-refractivity contribution in [2.24, 2.45) is 5.73 Å². The molecule has 37 heavy (non-hydrogen) atoms. The van der Waals surface area contributed by atoms with Crippen LogP contribution in [0.5, 0.6) is 0 Å². The Morgan fingerprint density at radius 1 is 0.892 bits per heavy atom. The van der Waals surface area contributed by atoms with Gasteiger partial charge < -0.3 is 31.2 Å². The molecular formula is C20H23Cl3N8O6. The molecule has 17 heteroatoms. The Balaban J connectivity index is 0.000000217. The van der Waals surface area contributed by atoms with Crippen molar-refractivity contribution in [3.8, 4) is 0 Å². The van der Waals surface area contributed by atoms with Crippen molar-refractivity contribution in [3.63, 3.8) is 0 Å². The van der Waals surface area contributed by atoms with Gasteiger partial charge in [-0.15, -0.1) is 0 Å². The fraction of sp³-hybridized carbons (Fsp3) is 0.400. The number of halogens is 3. The van der Waals surface area contributed by atoms with E-state index in [1.807, 2.05) is 0 Å². The Morgan fingerprint density at radius 3 is 1.86 bits per heavy atom. The molecule has 2 aliphatic heterocycles. The normalized spacial score (nSPS) is 17.8. The van der Waals surface area contributed by atoms with Crippen LogP contribution < -0.4 is 21.7 Å². The van der Waals surface area contributed by atoms with Crippen LogP contribution >= 0.6 is 34.8 Å². The van der Waals surface area contributed by atoms with Crippen LogP contribution in [0.25, 0.3) is 0 Å². The predicted molar refractivity (Wildman–Crippen MR) is 132 cm³/mol. The first-order chi connectivity index (χ1) is 17.5. The molecule has 0 aliphatic carbocycles. The zero-order valence-corrected chi connectivity index (χ0v) is 21.9. The number of nitrogens with one attached hydrogen (secondary N) is 3. The summed E-state index contributed by atoms with van der Waals surface area (Å²) in [5.41, 5.74) is 5.35. The number of aromatic nitrogens is 4. The van der Waals surface area contributed by atoms with Crippen LogP contribution in [0.1, 0.15) is 33.8 Å². The highest BCUT2D eigenvalue weighted by Gasteiger charge is 2.24. The lowest BCUT2D eigenvalue weighted by atomic mass is 10.2. The topological polar surface area (TPSA) is 200 Å². The van der Waals surface area contributed by atoms with E-state index in [4.69, 9.17) is 40.5 Å². The predicted octanol–water partition coefficient (Wildman–Crippen LogP) is 0.621. The van der Waals surface area contributed by atoms with E-state index in [1.165, 1.54) is 26.4 Å². The Bertz CT molecular complexity index is 1130. The minimum absolute atomic E-state index is 0.0139. The summed E-state index contributed by atoms with van der Waals surface area (Å²) in [4.78, 5) is 58.8. The van der Waals surface area contributed by atoms with E-state index in [2.05, 4.69) is 45.4 Å². The molecule has 2 amide bonds. The Labute approximate surface area is 226 Å². The number of carbonyl (C=O) groups excluding carboxylic acids is 4. The first-order valence-electron chi connectivity index (χ1n) is 10.5. The molecule has 2 aliphatic rings. The standard InChI is InChI=1S/C10H11ClN4O3.C6H4Cl2N2O2.C4H8N2O/c1-18-9(17)6-4-7(15-10(11)14-6)13-5-2-3-12-8(5)16;1-12-5(11)3-2-4(7)10-6(8)9-3;5-3-1-2-6-4(3)7/h4-5H,2-3H2,1H3,(H,12,16)(H,13,14,15);2H,1H3;3H,1-2,5H2,(H,6,7)/t5-;;3-/m0.0/s1. The summed E-state index contributed by atoms with van der Waals surface area (Å²) < 4.78 is 8.94. The summed E-state index contributed by atoms with van der Waals surface area (Å²) in [5.74, 6) is -1.01. The van der Waals surface area contributed by atoms with Crippen molar-refractivity contribution < 1.29 is 28.7 Å². The van der Waals surface area contributed by atoms with Gasteiger partial charge in [-0.1, -0.05) is 11.6 Å². The highest BCUT2D eigenvalue weighted by atomic mass is 35.5. The summed E-state index contributed by atoms with van der Waals surface area (Å²) in [7, 11) is 2.49. The van der Waals surface area contributed by atoms with Crippen molar-refractivity contribution in [2.45, 2.75) is 24.9 Å². The number of hydrogen-bond acceptors (Lipinski definition) is 12. The highest BCUT2D eigenvalue weighted by molar-refractivity contribution is 6.32. The van der Waals surface area contributed by atoms with Gasteiger partial charge in [0.1, 0.15) is 17.0 Å². The smallest absolute Gasteiger partial charge is 0.356 e. The third kappa shape index (κ3) is 9.57. The number of ether oxygens (including phenoxy) is 2. The van der Waals surface area contributed by atoms with Crippen molar-refractivity contribution in [3.05, 3.63) is 39.2 Å². The number of esters is 2. The van der Waals surface area contributed by atoms with Crippen molar-refractivity contribution in [1.82, 2.24) is 30.6 Å². The van der Waals surface area contributed by atoms with Crippen LogP contribution in [0.2, 0.25) is 15.7 Å². The first-order valence-corrected chi connectivity index (χ1v) is 11.7. The molecule has 2 atom stereocenters. The van der Waals surface area contributed by atoms with Crippen molar-refractivity contribution in [1.29, 1.82) is 0 Å². The van der Waals surface area contributed by atoms with Crippen LogP contribution in [0.3, 0.4) is 0 Å².